The molecule has 0 unspecified atom stereocenters. The van der Waals surface area contributed by atoms with Gasteiger partial charge in [-0.05, 0) is 79.1 Å². The lowest BCUT2D eigenvalue weighted by Crippen LogP contribution is -2.41. The van der Waals surface area contributed by atoms with Crippen molar-refractivity contribution >= 4 is 17.5 Å². The van der Waals surface area contributed by atoms with Crippen LogP contribution in [0.1, 0.15) is 64.6 Å². The monoisotopic (exact) mass is 597 g/mol. The topological polar surface area (TPSA) is 80.3 Å². The zero-order chi connectivity index (χ0) is 30.3. The van der Waals surface area contributed by atoms with E-state index < -0.39 is 0 Å². The molecule has 8 nitrogen and oxygen atoms in total. The van der Waals surface area contributed by atoms with Crippen LogP contribution in [-0.4, -0.2) is 75.9 Å². The summed E-state index contributed by atoms with van der Waals surface area (Å²) in [5, 5.41) is 3.48. The van der Waals surface area contributed by atoms with Crippen molar-refractivity contribution in [1.29, 1.82) is 0 Å². The molecule has 3 aliphatic heterocycles. The van der Waals surface area contributed by atoms with Crippen LogP contribution >= 0.6 is 0 Å². The van der Waals surface area contributed by atoms with Gasteiger partial charge in [0.15, 0.2) is 6.61 Å². The maximum atomic E-state index is 13.3. The maximum Gasteiger partial charge on any atom is 0.265 e. The summed E-state index contributed by atoms with van der Waals surface area (Å²) in [6.07, 6.45) is 3.72. The maximum absolute atomic E-state index is 13.3. The fraction of sp³-hybridized carbons (Fsp3) is 0.444. The lowest BCUT2D eigenvalue weighted by Gasteiger charge is -2.33. The number of benzene rings is 3. The number of methoxy groups -OCH3 is 1. The summed E-state index contributed by atoms with van der Waals surface area (Å²) in [5.74, 6) is 1.55. The van der Waals surface area contributed by atoms with Gasteiger partial charge in [-0.25, -0.2) is 0 Å². The van der Waals surface area contributed by atoms with Crippen LogP contribution in [0.5, 0.6) is 5.75 Å². The second-order valence-electron chi connectivity index (χ2n) is 12.0. The Morgan fingerprint density at radius 1 is 0.977 bits per heavy atom. The zero-order valence-electron chi connectivity index (χ0n) is 25.6. The Morgan fingerprint density at radius 2 is 1.77 bits per heavy atom. The molecule has 3 aromatic carbocycles. The minimum absolute atomic E-state index is 0.00552. The Morgan fingerprint density at radius 3 is 2.55 bits per heavy atom. The number of fused-ring (bicyclic) bond motifs is 1. The zero-order valence-corrected chi connectivity index (χ0v) is 25.6. The van der Waals surface area contributed by atoms with Crippen LogP contribution in [-0.2, 0) is 20.9 Å². The second kappa shape index (κ2) is 14.4. The van der Waals surface area contributed by atoms with E-state index in [0.29, 0.717) is 25.7 Å². The lowest BCUT2D eigenvalue weighted by atomic mass is 9.87. The van der Waals surface area contributed by atoms with Gasteiger partial charge in [-0.1, -0.05) is 48.5 Å². The smallest absolute Gasteiger partial charge is 0.265 e. The number of nitrogens with one attached hydrogen (secondary N) is 1. The standard InChI is InChI=1S/C36H43N3O5/c1-42-21-5-18-39-32-22-26(8-13-33(32)44-25-35(39)40)24-43-34-23-37-17-14-31(34)29-9-11-30(12-10-29)36(41)38-19-15-28(16-20-38)27-6-3-2-4-7-27/h2-4,6-13,22,28,31,34,37H,5,14-21,23-25H2,1H3/t31-,34+/m1/s1. The van der Waals surface area contributed by atoms with Crippen LogP contribution in [0.3, 0.4) is 0 Å². The first-order valence-electron chi connectivity index (χ1n) is 15.9. The summed E-state index contributed by atoms with van der Waals surface area (Å²) < 4.78 is 17.4. The van der Waals surface area contributed by atoms with Crippen LogP contribution in [0, 0.1) is 0 Å². The number of carbonyl (C=O) groups is 2. The molecular formula is C36H43N3O5. The van der Waals surface area contributed by atoms with Gasteiger partial charge in [0.1, 0.15) is 5.75 Å². The average Bonchev–Trinajstić information content (AvgIpc) is 3.08. The molecule has 232 valence electrons. The molecule has 0 spiro atoms. The van der Waals surface area contributed by atoms with Crippen LogP contribution in [0.25, 0.3) is 0 Å². The molecule has 2 atom stereocenters. The molecule has 3 heterocycles. The Labute approximate surface area is 260 Å². The summed E-state index contributed by atoms with van der Waals surface area (Å²) >= 11 is 0. The highest BCUT2D eigenvalue weighted by atomic mass is 16.5. The highest BCUT2D eigenvalue weighted by Crippen LogP contribution is 2.35. The third-order valence-electron chi connectivity index (χ3n) is 9.23. The van der Waals surface area contributed by atoms with Crippen LogP contribution < -0.4 is 15.0 Å². The van der Waals surface area contributed by atoms with E-state index in [-0.39, 0.29) is 30.4 Å². The largest absolute Gasteiger partial charge is 0.482 e. The van der Waals surface area contributed by atoms with Gasteiger partial charge in [-0.15, -0.1) is 0 Å². The first kappa shape index (κ1) is 30.3. The van der Waals surface area contributed by atoms with Gasteiger partial charge in [0.25, 0.3) is 11.8 Å². The van der Waals surface area contributed by atoms with Crippen LogP contribution in [0.4, 0.5) is 5.69 Å². The third kappa shape index (κ3) is 6.98. The van der Waals surface area contributed by atoms with Gasteiger partial charge in [0.2, 0.25) is 0 Å². The first-order valence-corrected chi connectivity index (χ1v) is 15.9. The van der Waals surface area contributed by atoms with Crippen molar-refractivity contribution in [3.63, 3.8) is 0 Å². The van der Waals surface area contributed by atoms with Crippen molar-refractivity contribution in [2.75, 3.05) is 57.9 Å². The normalized spacial score (nSPS) is 20.7. The van der Waals surface area contributed by atoms with E-state index in [2.05, 4.69) is 47.8 Å². The predicted octanol–water partition coefficient (Wildman–Crippen LogP) is 5.13. The van der Waals surface area contributed by atoms with Crippen molar-refractivity contribution in [2.45, 2.75) is 50.2 Å². The molecule has 8 heteroatoms. The number of nitrogens with zero attached hydrogens (tertiary/aromatic N) is 2. The van der Waals surface area contributed by atoms with Crippen molar-refractivity contribution < 1.29 is 23.8 Å². The minimum Gasteiger partial charge on any atom is -0.482 e. The summed E-state index contributed by atoms with van der Waals surface area (Å²) in [4.78, 5) is 29.7. The van der Waals surface area contributed by atoms with Crippen molar-refractivity contribution in [2.24, 2.45) is 0 Å². The van der Waals surface area contributed by atoms with E-state index in [4.69, 9.17) is 14.2 Å². The molecule has 0 radical (unpaired) electrons. The number of anilines is 1. The van der Waals surface area contributed by atoms with Gasteiger partial charge in [-0.3, -0.25) is 9.59 Å². The molecule has 2 saturated heterocycles. The molecule has 0 saturated carbocycles. The van der Waals surface area contributed by atoms with Gasteiger partial charge < -0.3 is 29.3 Å². The number of ether oxygens (including phenoxy) is 3. The molecule has 3 aromatic rings. The van der Waals surface area contributed by atoms with E-state index in [1.807, 2.05) is 35.2 Å². The molecule has 1 N–H and O–H groups in total. The molecule has 3 aliphatic rings. The number of piperidine rings is 2. The number of rotatable bonds is 10. The molecular weight excluding hydrogens is 554 g/mol. The van der Waals surface area contributed by atoms with E-state index in [0.717, 1.165) is 74.4 Å². The number of hydrogen-bond donors (Lipinski definition) is 1. The van der Waals surface area contributed by atoms with Crippen LogP contribution in [0.2, 0.25) is 0 Å². The lowest BCUT2D eigenvalue weighted by molar-refractivity contribution is -0.121. The molecule has 6 rings (SSSR count). The summed E-state index contributed by atoms with van der Waals surface area (Å²) in [6.45, 7) is 4.95. The second-order valence-corrected chi connectivity index (χ2v) is 12.0. The van der Waals surface area contributed by atoms with Gasteiger partial charge in [0, 0.05) is 51.4 Å². The SMILES string of the molecule is COCCCN1C(=O)COc2ccc(CO[C@H]3CNCC[C@@H]3c3ccc(C(=O)N4CCC(c5ccccc5)CC4)cc3)cc21. The molecule has 0 aliphatic carbocycles. The molecule has 2 fully saturated rings. The van der Waals surface area contributed by atoms with E-state index >= 15 is 0 Å². The van der Waals surface area contributed by atoms with Gasteiger partial charge in [0.05, 0.1) is 18.4 Å². The predicted molar refractivity (Wildman–Crippen MR) is 170 cm³/mol. The quantitative estimate of drug-likeness (QED) is 0.327. The van der Waals surface area contributed by atoms with Gasteiger partial charge in [-0.2, -0.15) is 0 Å². The first-order chi connectivity index (χ1) is 21.6. The Balaban J connectivity index is 1.07. The fourth-order valence-electron chi connectivity index (χ4n) is 6.74. The van der Waals surface area contributed by atoms with E-state index in [9.17, 15) is 9.59 Å². The number of carbonyl (C=O) groups excluding carboxylic acids is 2. The Hall–Kier alpha value is -3.72. The molecule has 0 aromatic heterocycles. The summed E-state index contributed by atoms with van der Waals surface area (Å²) in [5.41, 5.74) is 5.11. The van der Waals surface area contributed by atoms with E-state index in [1.165, 1.54) is 11.1 Å². The van der Waals surface area contributed by atoms with Crippen molar-refractivity contribution in [3.8, 4) is 5.75 Å². The van der Waals surface area contributed by atoms with Crippen molar-refractivity contribution in [1.82, 2.24) is 10.2 Å². The highest BCUT2D eigenvalue weighted by Gasteiger charge is 2.30. The highest BCUT2D eigenvalue weighted by molar-refractivity contribution is 5.98. The molecule has 44 heavy (non-hydrogen) atoms. The molecule has 0 bridgehead atoms. The van der Waals surface area contributed by atoms with E-state index in [1.54, 1.807) is 12.0 Å². The van der Waals surface area contributed by atoms with Crippen molar-refractivity contribution in [3.05, 3.63) is 95.1 Å². The number of amides is 2. The fourth-order valence-corrected chi connectivity index (χ4v) is 6.74. The Kier molecular flexibility index (Phi) is 9.90. The summed E-state index contributed by atoms with van der Waals surface area (Å²) in [6, 6.07) is 24.8. The summed E-state index contributed by atoms with van der Waals surface area (Å²) in [7, 11) is 1.67. The minimum atomic E-state index is -0.0400. The average molecular weight is 598 g/mol. The Bertz CT molecular complexity index is 1410. The third-order valence-corrected chi connectivity index (χ3v) is 9.23. The van der Waals surface area contributed by atoms with Gasteiger partial charge >= 0.3 is 0 Å². The number of hydrogen-bond acceptors (Lipinski definition) is 6. The number of likely N-dealkylation sites (tertiary alicyclic amines) is 1. The van der Waals surface area contributed by atoms with Crippen LogP contribution in [0.15, 0.2) is 72.8 Å². The molecule has 2 amide bonds.